The Bertz CT molecular complexity index is 770. The Balaban J connectivity index is 2.20. The second-order valence-electron chi connectivity index (χ2n) is 6.93. The molecule has 0 unspecified atom stereocenters. The molecular weight excluding hydrogens is 312 g/mol. The molecular formula is C21H24N2O2. The molecule has 0 aromatic heterocycles. The van der Waals surface area contributed by atoms with Crippen LogP contribution in [-0.2, 0) is 15.0 Å². The van der Waals surface area contributed by atoms with Crippen LogP contribution in [0.15, 0.2) is 60.3 Å². The van der Waals surface area contributed by atoms with Crippen molar-refractivity contribution in [1.82, 2.24) is 5.32 Å². The monoisotopic (exact) mass is 336 g/mol. The number of nitrogens with one attached hydrogen (secondary N) is 2. The highest BCUT2D eigenvalue weighted by molar-refractivity contribution is 6.08. The first kappa shape index (κ1) is 18.5. The van der Waals surface area contributed by atoms with Crippen molar-refractivity contribution in [3.63, 3.8) is 0 Å². The van der Waals surface area contributed by atoms with E-state index in [0.29, 0.717) is 5.69 Å². The summed E-state index contributed by atoms with van der Waals surface area (Å²) in [6.45, 7) is 7.79. The third-order valence-corrected chi connectivity index (χ3v) is 3.67. The number of amides is 2. The molecule has 0 bridgehead atoms. The van der Waals surface area contributed by atoms with Crippen molar-refractivity contribution in [3.05, 3.63) is 71.4 Å². The minimum absolute atomic E-state index is 0.0527. The zero-order chi connectivity index (χ0) is 18.4. The molecule has 25 heavy (non-hydrogen) atoms. The fourth-order valence-corrected chi connectivity index (χ4v) is 2.32. The molecule has 130 valence electrons. The highest BCUT2D eigenvalue weighted by atomic mass is 16.2. The van der Waals surface area contributed by atoms with Gasteiger partial charge in [0.2, 0.25) is 5.91 Å². The molecule has 4 heteroatoms. The molecule has 0 radical (unpaired) electrons. The van der Waals surface area contributed by atoms with Gasteiger partial charge < -0.3 is 10.6 Å². The molecule has 0 aliphatic rings. The molecule has 0 atom stereocenters. The van der Waals surface area contributed by atoms with Gasteiger partial charge in [0.25, 0.3) is 5.91 Å². The van der Waals surface area contributed by atoms with Crippen LogP contribution in [0.3, 0.4) is 0 Å². The summed E-state index contributed by atoms with van der Waals surface area (Å²) >= 11 is 0. The maximum Gasteiger partial charge on any atom is 0.272 e. The first-order valence-electron chi connectivity index (χ1n) is 8.22. The molecule has 2 aromatic rings. The van der Waals surface area contributed by atoms with Gasteiger partial charge in [-0.3, -0.25) is 9.59 Å². The number of hydrogen-bond acceptors (Lipinski definition) is 2. The third-order valence-electron chi connectivity index (χ3n) is 3.67. The second-order valence-corrected chi connectivity index (χ2v) is 6.93. The lowest BCUT2D eigenvalue weighted by molar-refractivity contribution is -0.120. The fraction of sp³-hybridized carbons (Fsp3) is 0.238. The van der Waals surface area contributed by atoms with E-state index in [9.17, 15) is 9.59 Å². The summed E-state index contributed by atoms with van der Waals surface area (Å²) in [7, 11) is 0. The van der Waals surface area contributed by atoms with Crippen molar-refractivity contribution in [2.24, 2.45) is 0 Å². The summed E-state index contributed by atoms with van der Waals surface area (Å²) < 4.78 is 0. The molecule has 0 saturated heterocycles. The normalized spacial score (nSPS) is 11.8. The molecule has 4 nitrogen and oxygen atoms in total. The zero-order valence-corrected chi connectivity index (χ0v) is 15.1. The summed E-state index contributed by atoms with van der Waals surface area (Å²) in [5.74, 6) is -0.650. The maximum absolute atomic E-state index is 12.5. The molecule has 2 rings (SSSR count). The lowest BCUT2D eigenvalue weighted by Crippen LogP contribution is -2.29. The summed E-state index contributed by atoms with van der Waals surface area (Å²) in [5.41, 5.74) is 2.97. The van der Waals surface area contributed by atoms with E-state index in [1.165, 1.54) is 12.5 Å². The Kier molecular flexibility index (Phi) is 5.75. The van der Waals surface area contributed by atoms with Crippen molar-refractivity contribution in [2.75, 3.05) is 5.32 Å². The van der Waals surface area contributed by atoms with Crippen LogP contribution in [0.1, 0.15) is 38.8 Å². The molecule has 2 amide bonds. The van der Waals surface area contributed by atoms with E-state index in [4.69, 9.17) is 0 Å². The molecule has 0 spiro atoms. The Morgan fingerprint density at radius 1 is 0.920 bits per heavy atom. The Hall–Kier alpha value is -2.88. The van der Waals surface area contributed by atoms with E-state index >= 15 is 0 Å². The van der Waals surface area contributed by atoms with E-state index in [1.807, 2.05) is 54.6 Å². The largest absolute Gasteiger partial charge is 0.322 e. The molecule has 0 fully saturated rings. The van der Waals surface area contributed by atoms with Crippen molar-refractivity contribution in [1.29, 1.82) is 0 Å². The average Bonchev–Trinajstić information content (AvgIpc) is 2.54. The summed E-state index contributed by atoms with van der Waals surface area (Å²) in [6.07, 6.45) is 1.65. The topological polar surface area (TPSA) is 58.2 Å². The average molecular weight is 336 g/mol. The van der Waals surface area contributed by atoms with Gasteiger partial charge in [-0.2, -0.15) is 0 Å². The highest BCUT2D eigenvalue weighted by Gasteiger charge is 2.15. The van der Waals surface area contributed by atoms with Crippen LogP contribution in [0.25, 0.3) is 6.08 Å². The van der Waals surface area contributed by atoms with E-state index in [-0.39, 0.29) is 22.9 Å². The number of rotatable bonds is 4. The maximum atomic E-state index is 12.5. The first-order valence-corrected chi connectivity index (χ1v) is 8.22. The van der Waals surface area contributed by atoms with E-state index < -0.39 is 0 Å². The van der Waals surface area contributed by atoms with Crippen molar-refractivity contribution < 1.29 is 9.59 Å². The number of carbonyl (C=O) groups is 2. The van der Waals surface area contributed by atoms with Gasteiger partial charge in [-0.25, -0.2) is 0 Å². The number of anilines is 1. The van der Waals surface area contributed by atoms with Gasteiger partial charge in [-0.15, -0.1) is 0 Å². The predicted molar refractivity (Wildman–Crippen MR) is 102 cm³/mol. The minimum Gasteiger partial charge on any atom is -0.322 e. The summed E-state index contributed by atoms with van der Waals surface area (Å²) in [4.78, 5) is 24.0. The van der Waals surface area contributed by atoms with Crippen LogP contribution in [0.5, 0.6) is 0 Å². The third kappa shape index (κ3) is 5.60. The lowest BCUT2D eigenvalue weighted by atomic mass is 9.87. The lowest BCUT2D eigenvalue weighted by Gasteiger charge is -2.19. The molecule has 2 aromatic carbocycles. The number of hydrogen-bond donors (Lipinski definition) is 2. The van der Waals surface area contributed by atoms with Crippen LogP contribution < -0.4 is 10.6 Å². The van der Waals surface area contributed by atoms with Gasteiger partial charge in [0, 0.05) is 12.6 Å². The smallest absolute Gasteiger partial charge is 0.272 e. The van der Waals surface area contributed by atoms with Crippen LogP contribution in [0.2, 0.25) is 0 Å². The predicted octanol–water partition coefficient (Wildman–Crippen LogP) is 4.10. The molecule has 0 aliphatic carbocycles. The minimum atomic E-state index is -0.359. The Morgan fingerprint density at radius 3 is 2.04 bits per heavy atom. The Morgan fingerprint density at radius 2 is 1.52 bits per heavy atom. The van der Waals surface area contributed by atoms with Crippen LogP contribution in [0.4, 0.5) is 5.69 Å². The van der Waals surface area contributed by atoms with Crippen LogP contribution in [-0.4, -0.2) is 11.8 Å². The molecule has 0 heterocycles. The number of carbonyl (C=O) groups excluding carboxylic acids is 2. The molecule has 0 aliphatic heterocycles. The van der Waals surface area contributed by atoms with Crippen molar-refractivity contribution in [2.45, 2.75) is 33.1 Å². The second kappa shape index (κ2) is 7.79. The molecule has 0 saturated carbocycles. The van der Waals surface area contributed by atoms with E-state index in [1.54, 1.807) is 6.08 Å². The van der Waals surface area contributed by atoms with Crippen molar-refractivity contribution >= 4 is 23.6 Å². The summed E-state index contributed by atoms with van der Waals surface area (Å²) in [6, 6.07) is 17.1. The van der Waals surface area contributed by atoms with Crippen molar-refractivity contribution in [3.8, 4) is 0 Å². The fourth-order valence-electron chi connectivity index (χ4n) is 2.32. The van der Waals surface area contributed by atoms with E-state index in [2.05, 4.69) is 31.4 Å². The first-order chi connectivity index (χ1) is 11.8. The van der Waals surface area contributed by atoms with Gasteiger partial charge in [0.05, 0.1) is 0 Å². The highest BCUT2D eigenvalue weighted by Crippen LogP contribution is 2.23. The van der Waals surface area contributed by atoms with Gasteiger partial charge >= 0.3 is 0 Å². The van der Waals surface area contributed by atoms with Gasteiger partial charge in [-0.05, 0) is 34.8 Å². The SMILES string of the molecule is CC(=O)N/C(=C/c1ccccc1)C(=O)Nc1ccc(C(C)(C)C)cc1. The van der Waals surface area contributed by atoms with Crippen LogP contribution in [0, 0.1) is 0 Å². The molecule has 2 N–H and O–H groups in total. The zero-order valence-electron chi connectivity index (χ0n) is 15.1. The van der Waals surface area contributed by atoms with Crippen LogP contribution >= 0.6 is 0 Å². The van der Waals surface area contributed by atoms with Gasteiger partial charge in [0.15, 0.2) is 0 Å². The Labute approximate surface area is 149 Å². The van der Waals surface area contributed by atoms with Gasteiger partial charge in [-0.1, -0.05) is 63.2 Å². The van der Waals surface area contributed by atoms with Gasteiger partial charge in [0.1, 0.15) is 5.70 Å². The standard InChI is InChI=1S/C21H24N2O2/c1-15(24)22-19(14-16-8-6-5-7-9-16)20(25)23-18-12-10-17(11-13-18)21(2,3)4/h5-14H,1-4H3,(H,22,24)(H,23,25)/b19-14+. The quantitative estimate of drug-likeness (QED) is 0.826. The van der Waals surface area contributed by atoms with E-state index in [0.717, 1.165) is 5.56 Å². The summed E-state index contributed by atoms with van der Waals surface area (Å²) in [5, 5.41) is 5.42. The number of benzene rings is 2.